The van der Waals surface area contributed by atoms with E-state index in [-0.39, 0.29) is 37.2 Å². The molecule has 3 rings (SSSR count). The summed E-state index contributed by atoms with van der Waals surface area (Å²) in [7, 11) is 0. The number of halogens is 1. The molecule has 8 heteroatoms. The Balaban J connectivity index is 1.49. The van der Waals surface area contributed by atoms with Crippen LogP contribution < -0.4 is 15.5 Å². The molecular formula is C18H18BrN3O4. The molecule has 1 atom stereocenters. The lowest BCUT2D eigenvalue weighted by molar-refractivity contribution is -0.129. The van der Waals surface area contributed by atoms with Crippen LogP contribution in [-0.2, 0) is 20.9 Å². The summed E-state index contributed by atoms with van der Waals surface area (Å²) in [4.78, 5) is 37.9. The van der Waals surface area contributed by atoms with E-state index < -0.39 is 5.92 Å². The average molecular weight is 420 g/mol. The molecule has 2 N–H and O–H groups in total. The van der Waals surface area contributed by atoms with E-state index in [1.807, 2.05) is 24.3 Å². The topological polar surface area (TPSA) is 91.7 Å². The SMILES string of the molecule is O=C(CNC(=O)[C@@H]1CC(=O)N(c2ccccc2Br)C1)NCc1ccco1. The van der Waals surface area contributed by atoms with Crippen LogP contribution in [0, 0.1) is 5.92 Å². The summed E-state index contributed by atoms with van der Waals surface area (Å²) in [6, 6.07) is 10.9. The van der Waals surface area contributed by atoms with Crippen LogP contribution in [0.1, 0.15) is 12.2 Å². The van der Waals surface area contributed by atoms with Gasteiger partial charge in [0.1, 0.15) is 5.76 Å². The molecule has 7 nitrogen and oxygen atoms in total. The molecule has 2 heterocycles. The monoisotopic (exact) mass is 419 g/mol. The van der Waals surface area contributed by atoms with Gasteiger partial charge < -0.3 is 20.0 Å². The average Bonchev–Trinajstić information content (AvgIpc) is 3.28. The largest absolute Gasteiger partial charge is 0.467 e. The van der Waals surface area contributed by atoms with Gasteiger partial charge in [-0.15, -0.1) is 0 Å². The fraction of sp³-hybridized carbons (Fsp3) is 0.278. The smallest absolute Gasteiger partial charge is 0.239 e. The Morgan fingerprint density at radius 2 is 2.00 bits per heavy atom. The number of nitrogens with one attached hydrogen (secondary N) is 2. The van der Waals surface area contributed by atoms with Crippen molar-refractivity contribution in [3.8, 4) is 0 Å². The minimum absolute atomic E-state index is 0.112. The Morgan fingerprint density at radius 1 is 1.19 bits per heavy atom. The Morgan fingerprint density at radius 3 is 2.73 bits per heavy atom. The summed E-state index contributed by atoms with van der Waals surface area (Å²) in [5.74, 6) is -0.579. The fourth-order valence-electron chi connectivity index (χ4n) is 2.76. The number of rotatable bonds is 6. The van der Waals surface area contributed by atoms with E-state index in [0.29, 0.717) is 12.3 Å². The normalized spacial score (nSPS) is 16.6. The van der Waals surface area contributed by atoms with Gasteiger partial charge in [0.25, 0.3) is 0 Å². The zero-order valence-electron chi connectivity index (χ0n) is 13.9. The molecule has 1 fully saturated rings. The van der Waals surface area contributed by atoms with Crippen LogP contribution in [0.3, 0.4) is 0 Å². The molecule has 1 aromatic heterocycles. The number of nitrogens with zero attached hydrogens (tertiary/aromatic N) is 1. The van der Waals surface area contributed by atoms with Gasteiger partial charge >= 0.3 is 0 Å². The maximum Gasteiger partial charge on any atom is 0.239 e. The third-order valence-electron chi connectivity index (χ3n) is 4.10. The summed E-state index contributed by atoms with van der Waals surface area (Å²) in [6.07, 6.45) is 1.65. The zero-order chi connectivity index (χ0) is 18.5. The molecule has 0 saturated carbocycles. The summed E-state index contributed by atoms with van der Waals surface area (Å²) in [5, 5.41) is 5.24. The van der Waals surface area contributed by atoms with E-state index in [0.717, 1.165) is 10.2 Å². The second-order valence-electron chi connectivity index (χ2n) is 5.93. The minimum atomic E-state index is -0.479. The van der Waals surface area contributed by atoms with Gasteiger partial charge in [-0.1, -0.05) is 12.1 Å². The van der Waals surface area contributed by atoms with E-state index in [1.165, 1.54) is 6.26 Å². The van der Waals surface area contributed by atoms with E-state index in [1.54, 1.807) is 17.0 Å². The Bertz CT molecular complexity index is 807. The zero-order valence-corrected chi connectivity index (χ0v) is 15.5. The van der Waals surface area contributed by atoms with Crippen LogP contribution in [0.25, 0.3) is 0 Å². The number of carbonyl (C=O) groups is 3. The lowest BCUT2D eigenvalue weighted by Crippen LogP contribution is -2.40. The Kier molecular flexibility index (Phi) is 5.72. The number of furan rings is 1. The van der Waals surface area contributed by atoms with Crippen molar-refractivity contribution in [2.24, 2.45) is 5.92 Å². The highest BCUT2D eigenvalue weighted by molar-refractivity contribution is 9.10. The number of anilines is 1. The number of para-hydroxylation sites is 1. The van der Waals surface area contributed by atoms with E-state index >= 15 is 0 Å². The number of benzene rings is 1. The first kappa shape index (κ1) is 18.2. The van der Waals surface area contributed by atoms with Crippen molar-refractivity contribution in [2.75, 3.05) is 18.0 Å². The third-order valence-corrected chi connectivity index (χ3v) is 4.77. The Labute approximate surface area is 158 Å². The fourth-order valence-corrected chi connectivity index (χ4v) is 3.26. The van der Waals surface area contributed by atoms with Gasteiger partial charge in [0.05, 0.1) is 31.0 Å². The molecule has 0 spiro atoms. The Hall–Kier alpha value is -2.61. The van der Waals surface area contributed by atoms with E-state index in [2.05, 4.69) is 26.6 Å². The quantitative estimate of drug-likeness (QED) is 0.746. The highest BCUT2D eigenvalue weighted by Gasteiger charge is 2.35. The summed E-state index contributed by atoms with van der Waals surface area (Å²) in [5.41, 5.74) is 0.740. The van der Waals surface area contributed by atoms with Crippen LogP contribution in [0.5, 0.6) is 0 Å². The van der Waals surface area contributed by atoms with Crippen molar-refractivity contribution in [2.45, 2.75) is 13.0 Å². The van der Waals surface area contributed by atoms with Gasteiger partial charge in [-0.2, -0.15) is 0 Å². The maximum atomic E-state index is 12.3. The third kappa shape index (κ3) is 4.32. The van der Waals surface area contributed by atoms with Crippen molar-refractivity contribution < 1.29 is 18.8 Å². The van der Waals surface area contributed by atoms with Crippen molar-refractivity contribution >= 4 is 39.3 Å². The van der Waals surface area contributed by atoms with Gasteiger partial charge in [-0.05, 0) is 40.2 Å². The van der Waals surface area contributed by atoms with Crippen LogP contribution in [-0.4, -0.2) is 30.8 Å². The molecule has 136 valence electrons. The second kappa shape index (κ2) is 8.18. The first-order valence-electron chi connectivity index (χ1n) is 8.16. The predicted molar refractivity (Wildman–Crippen MR) is 98.2 cm³/mol. The standard InChI is InChI=1S/C18H18BrN3O4/c19-14-5-1-2-6-15(14)22-11-12(8-17(22)24)18(25)21-10-16(23)20-9-13-4-3-7-26-13/h1-7,12H,8-11H2,(H,20,23)(H,21,25)/t12-/m1/s1. The minimum Gasteiger partial charge on any atom is -0.467 e. The van der Waals surface area contributed by atoms with Gasteiger partial charge in [0, 0.05) is 17.4 Å². The van der Waals surface area contributed by atoms with Crippen LogP contribution in [0.2, 0.25) is 0 Å². The summed E-state index contributed by atoms with van der Waals surface area (Å²) < 4.78 is 5.92. The van der Waals surface area contributed by atoms with Crippen molar-refractivity contribution in [1.29, 1.82) is 0 Å². The number of amides is 3. The molecule has 2 aromatic rings. The summed E-state index contributed by atoms with van der Waals surface area (Å²) >= 11 is 3.42. The number of carbonyl (C=O) groups excluding carboxylic acids is 3. The molecule has 0 bridgehead atoms. The highest BCUT2D eigenvalue weighted by Crippen LogP contribution is 2.31. The van der Waals surface area contributed by atoms with Crippen molar-refractivity contribution in [3.05, 3.63) is 52.9 Å². The highest BCUT2D eigenvalue weighted by atomic mass is 79.9. The van der Waals surface area contributed by atoms with Crippen molar-refractivity contribution in [1.82, 2.24) is 10.6 Å². The molecule has 3 amide bonds. The lowest BCUT2D eigenvalue weighted by atomic mass is 10.1. The molecule has 1 aliphatic rings. The van der Waals surface area contributed by atoms with E-state index in [9.17, 15) is 14.4 Å². The molecule has 0 radical (unpaired) electrons. The number of hydrogen-bond donors (Lipinski definition) is 2. The molecular weight excluding hydrogens is 402 g/mol. The van der Waals surface area contributed by atoms with Gasteiger partial charge in [0.15, 0.2) is 0 Å². The van der Waals surface area contributed by atoms with Crippen LogP contribution in [0.4, 0.5) is 5.69 Å². The van der Waals surface area contributed by atoms with Gasteiger partial charge in [0.2, 0.25) is 17.7 Å². The lowest BCUT2D eigenvalue weighted by Gasteiger charge is -2.18. The molecule has 1 saturated heterocycles. The molecule has 0 aliphatic carbocycles. The maximum absolute atomic E-state index is 12.3. The molecule has 1 aliphatic heterocycles. The molecule has 1 aromatic carbocycles. The first-order valence-corrected chi connectivity index (χ1v) is 8.95. The first-order chi connectivity index (χ1) is 12.5. The summed E-state index contributed by atoms with van der Waals surface area (Å²) in [6.45, 7) is 0.417. The predicted octanol–water partition coefficient (Wildman–Crippen LogP) is 1.83. The van der Waals surface area contributed by atoms with Crippen LogP contribution >= 0.6 is 15.9 Å². The second-order valence-corrected chi connectivity index (χ2v) is 6.79. The van der Waals surface area contributed by atoms with E-state index in [4.69, 9.17) is 4.42 Å². The van der Waals surface area contributed by atoms with Gasteiger partial charge in [-0.25, -0.2) is 0 Å². The van der Waals surface area contributed by atoms with Crippen LogP contribution in [0.15, 0.2) is 51.6 Å². The van der Waals surface area contributed by atoms with Crippen molar-refractivity contribution in [3.63, 3.8) is 0 Å². The number of hydrogen-bond acceptors (Lipinski definition) is 4. The molecule has 26 heavy (non-hydrogen) atoms. The van der Waals surface area contributed by atoms with Gasteiger partial charge in [-0.3, -0.25) is 14.4 Å². The molecule has 0 unspecified atom stereocenters.